The van der Waals surface area contributed by atoms with Crippen LogP contribution in [-0.2, 0) is 4.79 Å². The van der Waals surface area contributed by atoms with Crippen LogP contribution in [0.25, 0.3) is 0 Å². The summed E-state index contributed by atoms with van der Waals surface area (Å²) in [6, 6.07) is 0. The molecular formula is C14H30N2O2. The Morgan fingerprint density at radius 1 is 1.33 bits per heavy atom. The van der Waals surface area contributed by atoms with E-state index in [-0.39, 0.29) is 18.1 Å². The van der Waals surface area contributed by atoms with Gasteiger partial charge in [-0.3, -0.25) is 4.79 Å². The van der Waals surface area contributed by atoms with Gasteiger partial charge >= 0.3 is 0 Å². The molecule has 108 valence electrons. The van der Waals surface area contributed by atoms with Crippen molar-refractivity contribution >= 4 is 5.91 Å². The van der Waals surface area contributed by atoms with Crippen molar-refractivity contribution in [2.45, 2.75) is 52.5 Å². The number of aliphatic hydroxyl groups is 1. The van der Waals surface area contributed by atoms with Gasteiger partial charge in [0.05, 0.1) is 12.1 Å². The van der Waals surface area contributed by atoms with Crippen molar-refractivity contribution in [3.8, 4) is 0 Å². The lowest BCUT2D eigenvalue weighted by Gasteiger charge is -2.40. The zero-order chi connectivity index (χ0) is 14.2. The zero-order valence-electron chi connectivity index (χ0n) is 12.6. The smallest absolute Gasteiger partial charge is 0.220 e. The summed E-state index contributed by atoms with van der Waals surface area (Å²) in [5, 5.41) is 12.5. The first-order valence-corrected chi connectivity index (χ1v) is 7.08. The van der Waals surface area contributed by atoms with E-state index in [1.54, 1.807) is 0 Å². The number of hydrogen-bond acceptors (Lipinski definition) is 3. The molecular weight excluding hydrogens is 228 g/mol. The van der Waals surface area contributed by atoms with E-state index in [0.717, 1.165) is 25.9 Å². The van der Waals surface area contributed by atoms with Crippen LogP contribution < -0.4 is 5.32 Å². The second-order valence-electron chi connectivity index (χ2n) is 5.39. The molecule has 1 aliphatic heterocycles. The molecule has 0 aromatic carbocycles. The van der Waals surface area contributed by atoms with Crippen LogP contribution in [-0.4, -0.2) is 48.2 Å². The van der Waals surface area contributed by atoms with E-state index in [1.165, 1.54) is 0 Å². The molecule has 2 N–H and O–H groups in total. The van der Waals surface area contributed by atoms with Gasteiger partial charge in [-0.05, 0) is 25.8 Å². The second kappa shape index (κ2) is 8.48. The first-order valence-electron chi connectivity index (χ1n) is 7.08. The highest BCUT2D eigenvalue weighted by Gasteiger charge is 2.34. The fourth-order valence-electron chi connectivity index (χ4n) is 2.09. The van der Waals surface area contributed by atoms with E-state index < -0.39 is 0 Å². The Morgan fingerprint density at radius 3 is 2.22 bits per heavy atom. The molecule has 0 radical (unpaired) electrons. The highest BCUT2D eigenvalue weighted by atomic mass is 16.3. The second-order valence-corrected chi connectivity index (χ2v) is 5.39. The molecule has 0 bridgehead atoms. The Balaban J connectivity index is 0.00000137. The highest BCUT2D eigenvalue weighted by Crippen LogP contribution is 2.21. The van der Waals surface area contributed by atoms with Crippen LogP contribution in [0.15, 0.2) is 0 Å². The molecule has 1 heterocycles. The summed E-state index contributed by atoms with van der Waals surface area (Å²) in [6.07, 6.45) is 2.21. The maximum absolute atomic E-state index is 11.7. The van der Waals surface area contributed by atoms with Gasteiger partial charge in [0.15, 0.2) is 0 Å². The summed E-state index contributed by atoms with van der Waals surface area (Å²) in [7, 11) is 2.07. The predicted octanol–water partition coefficient (Wildman–Crippen LogP) is 1.63. The molecule has 18 heavy (non-hydrogen) atoms. The Hall–Kier alpha value is -0.610. The van der Waals surface area contributed by atoms with E-state index in [0.29, 0.717) is 12.3 Å². The molecule has 1 aliphatic rings. The summed E-state index contributed by atoms with van der Waals surface area (Å²) < 4.78 is 0. The van der Waals surface area contributed by atoms with Gasteiger partial charge < -0.3 is 15.3 Å². The van der Waals surface area contributed by atoms with Gasteiger partial charge in [-0.2, -0.15) is 0 Å². The van der Waals surface area contributed by atoms with Crippen LogP contribution >= 0.6 is 0 Å². The molecule has 4 nitrogen and oxygen atoms in total. The third-order valence-corrected chi connectivity index (χ3v) is 3.25. The number of piperidine rings is 1. The van der Waals surface area contributed by atoms with Crippen molar-refractivity contribution in [1.82, 2.24) is 10.2 Å². The topological polar surface area (TPSA) is 52.6 Å². The number of hydrogen-bond donors (Lipinski definition) is 2. The van der Waals surface area contributed by atoms with Crippen molar-refractivity contribution in [1.29, 1.82) is 0 Å². The minimum atomic E-state index is -0.377. The monoisotopic (exact) mass is 258 g/mol. The summed E-state index contributed by atoms with van der Waals surface area (Å²) in [5.74, 6) is 0.426. The van der Waals surface area contributed by atoms with Crippen molar-refractivity contribution in [2.24, 2.45) is 5.92 Å². The molecule has 0 unspecified atom stereocenters. The average Bonchev–Trinajstić information content (AvgIpc) is 2.34. The summed E-state index contributed by atoms with van der Waals surface area (Å²) in [6.45, 7) is 9.97. The first kappa shape index (κ1) is 17.4. The van der Waals surface area contributed by atoms with Gasteiger partial charge in [-0.1, -0.05) is 27.7 Å². The van der Waals surface area contributed by atoms with Crippen molar-refractivity contribution < 1.29 is 9.90 Å². The summed E-state index contributed by atoms with van der Waals surface area (Å²) in [5.41, 5.74) is -0.377. The SMILES string of the molecule is CC.CC(C)CC(=O)NC1(CO)CCN(C)CC1. The van der Waals surface area contributed by atoms with E-state index >= 15 is 0 Å². The van der Waals surface area contributed by atoms with Gasteiger partial charge in [0.1, 0.15) is 0 Å². The maximum Gasteiger partial charge on any atom is 0.220 e. The predicted molar refractivity (Wildman–Crippen MR) is 75.5 cm³/mol. The van der Waals surface area contributed by atoms with Crippen LogP contribution in [0.4, 0.5) is 0 Å². The molecule has 0 saturated carbocycles. The van der Waals surface area contributed by atoms with E-state index in [2.05, 4.69) is 17.3 Å². The molecule has 0 aliphatic carbocycles. The molecule has 0 atom stereocenters. The van der Waals surface area contributed by atoms with Crippen LogP contribution in [0, 0.1) is 5.92 Å². The Kier molecular flexibility index (Phi) is 8.20. The lowest BCUT2D eigenvalue weighted by Crippen LogP contribution is -2.57. The molecule has 0 spiro atoms. The summed E-state index contributed by atoms with van der Waals surface area (Å²) in [4.78, 5) is 14.0. The fraction of sp³-hybridized carbons (Fsp3) is 0.929. The first-order chi connectivity index (χ1) is 8.47. The third kappa shape index (κ3) is 5.83. The zero-order valence-corrected chi connectivity index (χ0v) is 12.6. The number of likely N-dealkylation sites (tertiary alicyclic amines) is 1. The lowest BCUT2D eigenvalue weighted by atomic mass is 9.88. The molecule has 4 heteroatoms. The van der Waals surface area contributed by atoms with Gasteiger partial charge in [0.2, 0.25) is 5.91 Å². The average molecular weight is 258 g/mol. The third-order valence-electron chi connectivity index (χ3n) is 3.25. The number of carbonyl (C=O) groups is 1. The fourth-order valence-corrected chi connectivity index (χ4v) is 2.09. The van der Waals surface area contributed by atoms with Crippen LogP contribution in [0.2, 0.25) is 0 Å². The molecule has 1 fully saturated rings. The quantitative estimate of drug-likeness (QED) is 0.806. The van der Waals surface area contributed by atoms with Gasteiger partial charge in [0, 0.05) is 19.5 Å². The van der Waals surface area contributed by atoms with Gasteiger partial charge in [-0.25, -0.2) is 0 Å². The number of aliphatic hydroxyl groups excluding tert-OH is 1. The minimum absolute atomic E-state index is 0.0463. The number of nitrogens with one attached hydrogen (secondary N) is 1. The van der Waals surface area contributed by atoms with Gasteiger partial charge in [0.25, 0.3) is 0 Å². The molecule has 1 amide bonds. The molecule has 1 saturated heterocycles. The minimum Gasteiger partial charge on any atom is -0.394 e. The normalized spacial score (nSPS) is 19.1. The van der Waals surface area contributed by atoms with Crippen LogP contribution in [0.3, 0.4) is 0 Å². The Bertz CT molecular complexity index is 234. The van der Waals surface area contributed by atoms with E-state index in [1.807, 2.05) is 27.7 Å². The van der Waals surface area contributed by atoms with E-state index in [9.17, 15) is 9.90 Å². The van der Waals surface area contributed by atoms with Gasteiger partial charge in [-0.15, -0.1) is 0 Å². The standard InChI is InChI=1S/C12H24N2O2.C2H6/c1-10(2)8-11(16)13-12(9-15)4-6-14(3)7-5-12;1-2/h10,15H,4-9H2,1-3H3,(H,13,16);1-2H3. The number of carbonyl (C=O) groups excluding carboxylic acids is 1. The van der Waals surface area contributed by atoms with Crippen molar-refractivity contribution in [3.05, 3.63) is 0 Å². The van der Waals surface area contributed by atoms with Crippen molar-refractivity contribution in [2.75, 3.05) is 26.7 Å². The summed E-state index contributed by atoms with van der Waals surface area (Å²) >= 11 is 0. The Morgan fingerprint density at radius 2 is 1.83 bits per heavy atom. The van der Waals surface area contributed by atoms with Crippen molar-refractivity contribution in [3.63, 3.8) is 0 Å². The van der Waals surface area contributed by atoms with Crippen LogP contribution in [0.5, 0.6) is 0 Å². The van der Waals surface area contributed by atoms with E-state index in [4.69, 9.17) is 0 Å². The molecule has 1 rings (SSSR count). The lowest BCUT2D eigenvalue weighted by molar-refractivity contribution is -0.125. The largest absolute Gasteiger partial charge is 0.394 e. The number of rotatable bonds is 4. The maximum atomic E-state index is 11.7. The highest BCUT2D eigenvalue weighted by molar-refractivity contribution is 5.77. The number of amides is 1. The van der Waals surface area contributed by atoms with Crippen LogP contribution in [0.1, 0.15) is 47.0 Å². The molecule has 0 aromatic heterocycles. The molecule has 0 aromatic rings. The number of nitrogens with zero attached hydrogens (tertiary/aromatic N) is 1. The Labute approximate surface area is 112 Å².